The van der Waals surface area contributed by atoms with Gasteiger partial charge in [-0.1, -0.05) is 12.8 Å². The van der Waals surface area contributed by atoms with Crippen molar-refractivity contribution < 1.29 is 9.90 Å². The van der Waals surface area contributed by atoms with E-state index < -0.39 is 5.97 Å². The number of carboxylic acids is 1. The maximum atomic E-state index is 11.3. The van der Waals surface area contributed by atoms with Crippen molar-refractivity contribution in [2.45, 2.75) is 44.2 Å². The molecule has 4 nitrogen and oxygen atoms in total. The second-order valence-corrected chi connectivity index (χ2v) is 5.15. The average Bonchev–Trinajstić information content (AvgIpc) is 2.54. The van der Waals surface area contributed by atoms with Gasteiger partial charge < -0.3 is 10.0 Å². The van der Waals surface area contributed by atoms with Gasteiger partial charge in [0.15, 0.2) is 0 Å². The van der Waals surface area contributed by atoms with Crippen molar-refractivity contribution in [3.8, 4) is 0 Å². The molecule has 2 heterocycles. The fraction of sp³-hybridized carbons (Fsp3) is 0.917. The maximum absolute atomic E-state index is 11.3. The zero-order chi connectivity index (χ0) is 11.5. The molecule has 2 fully saturated rings. The van der Waals surface area contributed by atoms with E-state index in [4.69, 9.17) is 0 Å². The van der Waals surface area contributed by atoms with Crippen molar-refractivity contribution in [3.63, 3.8) is 0 Å². The molecule has 0 saturated carbocycles. The number of carboxylic acid groups (broad SMARTS) is 1. The third-order valence-electron chi connectivity index (χ3n) is 3.91. The molecule has 0 aromatic rings. The predicted molar refractivity (Wildman–Crippen MR) is 62.5 cm³/mol. The Bertz CT molecular complexity index is 257. The van der Waals surface area contributed by atoms with E-state index in [2.05, 4.69) is 16.8 Å². The average molecular weight is 226 g/mol. The zero-order valence-electron chi connectivity index (χ0n) is 10.1. The Kier molecular flexibility index (Phi) is 3.82. The van der Waals surface area contributed by atoms with E-state index >= 15 is 0 Å². The van der Waals surface area contributed by atoms with E-state index in [0.717, 1.165) is 45.3 Å². The van der Waals surface area contributed by atoms with Crippen LogP contribution < -0.4 is 0 Å². The summed E-state index contributed by atoms with van der Waals surface area (Å²) in [6, 6.07) is 0.225. The van der Waals surface area contributed by atoms with Gasteiger partial charge in [-0.25, -0.2) is 0 Å². The number of carbonyl (C=O) groups is 1. The second-order valence-electron chi connectivity index (χ2n) is 5.15. The number of aliphatic carboxylic acids is 1. The Morgan fingerprint density at radius 3 is 2.62 bits per heavy atom. The summed E-state index contributed by atoms with van der Waals surface area (Å²) in [6.45, 7) is 3.10. The molecule has 1 N–H and O–H groups in total. The SMILES string of the molecule is CN1CCC(N2CCCCCC2C(=O)O)C1. The minimum absolute atomic E-state index is 0.237. The first kappa shape index (κ1) is 11.9. The minimum Gasteiger partial charge on any atom is -0.480 e. The van der Waals surface area contributed by atoms with Crippen molar-refractivity contribution >= 4 is 5.97 Å². The Labute approximate surface area is 97.2 Å². The first-order valence-electron chi connectivity index (χ1n) is 6.35. The van der Waals surface area contributed by atoms with E-state index in [-0.39, 0.29) is 6.04 Å². The molecule has 2 aliphatic heterocycles. The van der Waals surface area contributed by atoms with E-state index in [9.17, 15) is 9.90 Å². The normalized spacial score (nSPS) is 33.8. The van der Waals surface area contributed by atoms with Crippen molar-refractivity contribution in [3.05, 3.63) is 0 Å². The summed E-state index contributed by atoms with van der Waals surface area (Å²) >= 11 is 0. The third kappa shape index (κ3) is 2.55. The topological polar surface area (TPSA) is 43.8 Å². The van der Waals surface area contributed by atoms with Gasteiger partial charge in [-0.2, -0.15) is 0 Å². The van der Waals surface area contributed by atoms with Crippen LogP contribution in [-0.4, -0.2) is 59.6 Å². The molecule has 0 aliphatic carbocycles. The lowest BCUT2D eigenvalue weighted by atomic mass is 10.1. The Hall–Kier alpha value is -0.610. The number of likely N-dealkylation sites (tertiary alicyclic amines) is 2. The van der Waals surface area contributed by atoms with Crippen molar-refractivity contribution in [1.82, 2.24) is 9.80 Å². The smallest absolute Gasteiger partial charge is 0.320 e. The summed E-state index contributed by atoms with van der Waals surface area (Å²) in [6.07, 6.45) is 5.36. The highest BCUT2D eigenvalue weighted by atomic mass is 16.4. The molecule has 16 heavy (non-hydrogen) atoms. The quantitative estimate of drug-likeness (QED) is 0.763. The van der Waals surface area contributed by atoms with Gasteiger partial charge in [0.2, 0.25) is 0 Å². The zero-order valence-corrected chi connectivity index (χ0v) is 10.1. The molecule has 0 aromatic heterocycles. The van der Waals surface area contributed by atoms with Crippen LogP contribution in [-0.2, 0) is 4.79 Å². The van der Waals surface area contributed by atoms with E-state index in [1.807, 2.05) is 0 Å². The third-order valence-corrected chi connectivity index (χ3v) is 3.91. The largest absolute Gasteiger partial charge is 0.480 e. The summed E-state index contributed by atoms with van der Waals surface area (Å²) in [5.41, 5.74) is 0. The highest BCUT2D eigenvalue weighted by Gasteiger charge is 2.34. The first-order chi connectivity index (χ1) is 7.68. The summed E-state index contributed by atoms with van der Waals surface area (Å²) in [7, 11) is 2.12. The van der Waals surface area contributed by atoms with E-state index in [0.29, 0.717) is 6.04 Å². The molecule has 0 amide bonds. The summed E-state index contributed by atoms with van der Waals surface area (Å²) in [5, 5.41) is 9.30. The molecule has 0 bridgehead atoms. The minimum atomic E-state index is -0.628. The Morgan fingerprint density at radius 1 is 1.19 bits per heavy atom. The van der Waals surface area contributed by atoms with Crippen LogP contribution in [0.15, 0.2) is 0 Å². The monoisotopic (exact) mass is 226 g/mol. The summed E-state index contributed by atoms with van der Waals surface area (Å²) < 4.78 is 0. The molecule has 0 aromatic carbocycles. The van der Waals surface area contributed by atoms with Crippen LogP contribution in [0.25, 0.3) is 0 Å². The lowest BCUT2D eigenvalue weighted by Gasteiger charge is -2.32. The second kappa shape index (κ2) is 5.15. The van der Waals surface area contributed by atoms with Crippen LogP contribution in [0.1, 0.15) is 32.1 Å². The summed E-state index contributed by atoms with van der Waals surface area (Å²) in [5.74, 6) is -0.628. The van der Waals surface area contributed by atoms with Gasteiger partial charge >= 0.3 is 5.97 Å². The molecule has 2 unspecified atom stereocenters. The number of rotatable bonds is 2. The molecule has 2 saturated heterocycles. The van der Waals surface area contributed by atoms with Gasteiger partial charge in [0.25, 0.3) is 0 Å². The molecule has 0 spiro atoms. The number of hydrogen-bond acceptors (Lipinski definition) is 3. The van der Waals surface area contributed by atoms with E-state index in [1.165, 1.54) is 6.42 Å². The predicted octanol–water partition coefficient (Wildman–Crippen LogP) is 1.02. The molecule has 2 rings (SSSR count). The molecule has 2 aliphatic rings. The Balaban J connectivity index is 2.05. The van der Waals surface area contributed by atoms with Crippen molar-refractivity contribution in [2.24, 2.45) is 0 Å². The van der Waals surface area contributed by atoms with Crippen LogP contribution in [0.2, 0.25) is 0 Å². The molecular weight excluding hydrogens is 204 g/mol. The standard InChI is InChI=1S/C12H22N2O2/c1-13-8-6-10(9-13)14-7-4-2-3-5-11(14)12(15)16/h10-11H,2-9H2,1H3,(H,15,16). The molecule has 92 valence electrons. The van der Waals surface area contributed by atoms with Gasteiger partial charge in [0.1, 0.15) is 6.04 Å². The van der Waals surface area contributed by atoms with Crippen LogP contribution in [0.4, 0.5) is 0 Å². The van der Waals surface area contributed by atoms with Crippen LogP contribution in [0.3, 0.4) is 0 Å². The fourth-order valence-corrected chi connectivity index (χ4v) is 3.02. The molecule has 0 radical (unpaired) electrons. The highest BCUT2D eigenvalue weighted by molar-refractivity contribution is 5.73. The van der Waals surface area contributed by atoms with Gasteiger partial charge in [-0.3, -0.25) is 9.69 Å². The molecule has 4 heteroatoms. The van der Waals surface area contributed by atoms with Gasteiger partial charge in [-0.15, -0.1) is 0 Å². The lowest BCUT2D eigenvalue weighted by Crippen LogP contribution is -2.47. The first-order valence-corrected chi connectivity index (χ1v) is 6.35. The number of likely N-dealkylation sites (N-methyl/N-ethyl adjacent to an activating group) is 1. The van der Waals surface area contributed by atoms with Gasteiger partial charge in [-0.05, 0) is 39.4 Å². The number of nitrogens with zero attached hydrogens (tertiary/aromatic N) is 2. The molecular formula is C12H22N2O2. The Morgan fingerprint density at radius 2 is 2.00 bits per heavy atom. The van der Waals surface area contributed by atoms with Gasteiger partial charge in [0, 0.05) is 12.6 Å². The number of hydrogen-bond donors (Lipinski definition) is 1. The fourth-order valence-electron chi connectivity index (χ4n) is 3.02. The highest BCUT2D eigenvalue weighted by Crippen LogP contribution is 2.23. The molecule has 2 atom stereocenters. The van der Waals surface area contributed by atoms with E-state index in [1.54, 1.807) is 0 Å². The van der Waals surface area contributed by atoms with Crippen LogP contribution in [0, 0.1) is 0 Å². The van der Waals surface area contributed by atoms with Crippen LogP contribution >= 0.6 is 0 Å². The summed E-state index contributed by atoms with van der Waals surface area (Å²) in [4.78, 5) is 15.8. The van der Waals surface area contributed by atoms with Crippen molar-refractivity contribution in [1.29, 1.82) is 0 Å². The maximum Gasteiger partial charge on any atom is 0.320 e. The van der Waals surface area contributed by atoms with Gasteiger partial charge in [0.05, 0.1) is 0 Å². The van der Waals surface area contributed by atoms with Crippen LogP contribution in [0.5, 0.6) is 0 Å². The van der Waals surface area contributed by atoms with Crippen molar-refractivity contribution in [2.75, 3.05) is 26.7 Å². The lowest BCUT2D eigenvalue weighted by molar-refractivity contribution is -0.144.